The van der Waals surface area contributed by atoms with E-state index < -0.39 is 6.03 Å². The second-order valence-electron chi connectivity index (χ2n) is 3.60. The van der Waals surface area contributed by atoms with Gasteiger partial charge in [-0.15, -0.1) is 0 Å². The molecule has 0 saturated heterocycles. The molecule has 4 nitrogen and oxygen atoms in total. The molecule has 1 aromatic carbocycles. The zero-order valence-electron chi connectivity index (χ0n) is 9.63. The van der Waals surface area contributed by atoms with Crippen LogP contribution in [0.1, 0.15) is 25.8 Å². The van der Waals surface area contributed by atoms with Gasteiger partial charge in [-0.25, -0.2) is 9.80 Å². The Hall–Kier alpha value is -1.84. The molecule has 0 fully saturated rings. The van der Waals surface area contributed by atoms with Gasteiger partial charge in [0.15, 0.2) is 0 Å². The molecule has 16 heavy (non-hydrogen) atoms. The lowest BCUT2D eigenvalue weighted by Gasteiger charge is -2.20. The van der Waals surface area contributed by atoms with E-state index in [0.29, 0.717) is 0 Å². The molecular formula is C12H17N3O. The molecule has 0 aliphatic rings. The second kappa shape index (κ2) is 5.90. The van der Waals surface area contributed by atoms with Crippen LogP contribution < -0.4 is 5.73 Å². The van der Waals surface area contributed by atoms with Crippen LogP contribution >= 0.6 is 0 Å². The second-order valence-corrected chi connectivity index (χ2v) is 3.60. The van der Waals surface area contributed by atoms with E-state index in [4.69, 9.17) is 5.73 Å². The Morgan fingerprint density at radius 1 is 1.50 bits per heavy atom. The maximum atomic E-state index is 11.2. The number of nitrogens with zero attached hydrogens (tertiary/aromatic N) is 2. The number of carbonyl (C=O) groups is 1. The van der Waals surface area contributed by atoms with Crippen molar-refractivity contribution >= 4 is 12.2 Å². The zero-order chi connectivity index (χ0) is 12.0. The number of carbonyl (C=O) groups excluding carboxylic acids is 1. The first-order chi connectivity index (χ1) is 7.65. The smallest absolute Gasteiger partial charge is 0.335 e. The monoisotopic (exact) mass is 219 g/mol. The van der Waals surface area contributed by atoms with Gasteiger partial charge in [0.05, 0.1) is 12.3 Å². The van der Waals surface area contributed by atoms with E-state index in [9.17, 15) is 4.79 Å². The third-order valence-electron chi connectivity index (χ3n) is 2.36. The van der Waals surface area contributed by atoms with Crippen LogP contribution in [0.2, 0.25) is 0 Å². The van der Waals surface area contributed by atoms with Crippen LogP contribution in [0.5, 0.6) is 0 Å². The summed E-state index contributed by atoms with van der Waals surface area (Å²) in [6.45, 7) is 3.89. The van der Waals surface area contributed by atoms with Crippen LogP contribution in [0, 0.1) is 0 Å². The Kier molecular flexibility index (Phi) is 4.51. The quantitative estimate of drug-likeness (QED) is 0.612. The molecule has 1 unspecified atom stereocenters. The summed E-state index contributed by atoms with van der Waals surface area (Å²) >= 11 is 0. The summed E-state index contributed by atoms with van der Waals surface area (Å²) in [5.41, 5.74) is 6.19. The third-order valence-corrected chi connectivity index (χ3v) is 2.36. The highest BCUT2D eigenvalue weighted by Crippen LogP contribution is 2.04. The molecule has 0 radical (unpaired) electrons. The number of nitrogens with two attached hydrogens (primary N) is 1. The lowest BCUT2D eigenvalue weighted by molar-refractivity contribution is 0.190. The lowest BCUT2D eigenvalue weighted by Crippen LogP contribution is -2.37. The average molecular weight is 219 g/mol. The van der Waals surface area contributed by atoms with Crippen molar-refractivity contribution < 1.29 is 4.79 Å². The summed E-state index contributed by atoms with van der Waals surface area (Å²) in [7, 11) is 0. The summed E-state index contributed by atoms with van der Waals surface area (Å²) in [4.78, 5) is 11.2. The molecule has 1 rings (SSSR count). The standard InChI is InChI=1S/C12H17N3O/c1-3-10(2)15(12(13)16)14-9-11-7-5-4-6-8-11/h4-10H,3H2,1-2H3,(H2,13,16)/b14-9+. The fraction of sp³-hybridized carbons (Fsp3) is 0.333. The number of hydrogen-bond donors (Lipinski definition) is 1. The van der Waals surface area contributed by atoms with Gasteiger partial charge in [-0.3, -0.25) is 0 Å². The zero-order valence-corrected chi connectivity index (χ0v) is 9.63. The molecule has 0 spiro atoms. The van der Waals surface area contributed by atoms with Crippen molar-refractivity contribution in [2.75, 3.05) is 0 Å². The third kappa shape index (κ3) is 3.38. The molecule has 2 amide bonds. The Balaban J connectivity index is 2.76. The molecule has 2 N–H and O–H groups in total. The Morgan fingerprint density at radius 3 is 2.62 bits per heavy atom. The largest absolute Gasteiger partial charge is 0.350 e. The van der Waals surface area contributed by atoms with Gasteiger partial charge in [0, 0.05) is 0 Å². The highest BCUT2D eigenvalue weighted by molar-refractivity contribution is 5.81. The number of amides is 2. The van der Waals surface area contributed by atoms with E-state index in [0.717, 1.165) is 12.0 Å². The van der Waals surface area contributed by atoms with Crippen LogP contribution in [-0.2, 0) is 0 Å². The summed E-state index contributed by atoms with van der Waals surface area (Å²) in [6.07, 6.45) is 2.45. The van der Waals surface area contributed by atoms with Gasteiger partial charge >= 0.3 is 6.03 Å². The minimum atomic E-state index is -0.526. The first-order valence-corrected chi connectivity index (χ1v) is 5.32. The van der Waals surface area contributed by atoms with Gasteiger partial charge < -0.3 is 5.73 Å². The molecule has 0 aliphatic carbocycles. The molecule has 1 aromatic rings. The van der Waals surface area contributed by atoms with Crippen LogP contribution in [-0.4, -0.2) is 23.3 Å². The first-order valence-electron chi connectivity index (χ1n) is 5.32. The number of hydrogen-bond acceptors (Lipinski definition) is 2. The molecular weight excluding hydrogens is 202 g/mol. The van der Waals surface area contributed by atoms with Crippen molar-refractivity contribution in [3.05, 3.63) is 35.9 Å². The van der Waals surface area contributed by atoms with Gasteiger partial charge in [0.2, 0.25) is 0 Å². The number of primary amides is 1. The summed E-state index contributed by atoms with van der Waals surface area (Å²) < 4.78 is 0. The number of urea groups is 1. The van der Waals surface area contributed by atoms with Gasteiger partial charge in [-0.05, 0) is 18.9 Å². The van der Waals surface area contributed by atoms with E-state index in [1.807, 2.05) is 44.2 Å². The van der Waals surface area contributed by atoms with Gasteiger partial charge in [0.25, 0.3) is 0 Å². The maximum absolute atomic E-state index is 11.2. The fourth-order valence-electron chi connectivity index (χ4n) is 1.23. The predicted octanol–water partition coefficient (Wildman–Crippen LogP) is 2.20. The minimum absolute atomic E-state index is 0.0115. The molecule has 0 aliphatic heterocycles. The summed E-state index contributed by atoms with van der Waals surface area (Å²) in [6, 6.07) is 9.08. The summed E-state index contributed by atoms with van der Waals surface area (Å²) in [5, 5.41) is 5.40. The van der Waals surface area contributed by atoms with Crippen molar-refractivity contribution in [2.45, 2.75) is 26.3 Å². The molecule has 0 saturated carbocycles. The molecule has 0 aromatic heterocycles. The molecule has 1 atom stereocenters. The van der Waals surface area contributed by atoms with E-state index in [2.05, 4.69) is 5.10 Å². The molecule has 86 valence electrons. The van der Waals surface area contributed by atoms with Gasteiger partial charge in [-0.2, -0.15) is 5.10 Å². The molecule has 4 heteroatoms. The van der Waals surface area contributed by atoms with Crippen LogP contribution in [0.3, 0.4) is 0 Å². The van der Waals surface area contributed by atoms with Crippen LogP contribution in [0.15, 0.2) is 35.4 Å². The SMILES string of the molecule is CCC(C)N(/N=C/c1ccccc1)C(N)=O. The van der Waals surface area contributed by atoms with Crippen molar-refractivity contribution in [1.29, 1.82) is 0 Å². The van der Waals surface area contributed by atoms with Gasteiger partial charge in [0.1, 0.15) is 0 Å². The van der Waals surface area contributed by atoms with Crippen LogP contribution in [0.4, 0.5) is 4.79 Å². The van der Waals surface area contributed by atoms with Crippen LogP contribution in [0.25, 0.3) is 0 Å². The molecule has 0 bridgehead atoms. The van der Waals surface area contributed by atoms with Crippen molar-refractivity contribution in [2.24, 2.45) is 10.8 Å². The topological polar surface area (TPSA) is 58.7 Å². The van der Waals surface area contributed by atoms with Crippen molar-refractivity contribution in [1.82, 2.24) is 5.01 Å². The molecule has 0 heterocycles. The van der Waals surface area contributed by atoms with Gasteiger partial charge in [-0.1, -0.05) is 37.3 Å². The average Bonchev–Trinajstić information content (AvgIpc) is 2.30. The highest BCUT2D eigenvalue weighted by atomic mass is 16.2. The number of hydrazone groups is 1. The number of rotatable bonds is 4. The Bertz CT molecular complexity index is 362. The van der Waals surface area contributed by atoms with Crippen molar-refractivity contribution in [3.8, 4) is 0 Å². The van der Waals surface area contributed by atoms with E-state index >= 15 is 0 Å². The summed E-state index contributed by atoms with van der Waals surface area (Å²) in [5.74, 6) is 0. The fourth-order valence-corrected chi connectivity index (χ4v) is 1.23. The van der Waals surface area contributed by atoms with E-state index in [1.54, 1.807) is 6.21 Å². The predicted molar refractivity (Wildman–Crippen MR) is 65.2 cm³/mol. The van der Waals surface area contributed by atoms with Crippen molar-refractivity contribution in [3.63, 3.8) is 0 Å². The Labute approximate surface area is 95.7 Å². The maximum Gasteiger partial charge on any atom is 0.335 e. The van der Waals surface area contributed by atoms with E-state index in [1.165, 1.54) is 5.01 Å². The normalized spacial score (nSPS) is 12.6. The Morgan fingerprint density at radius 2 is 2.12 bits per heavy atom. The highest BCUT2D eigenvalue weighted by Gasteiger charge is 2.13. The minimum Gasteiger partial charge on any atom is -0.350 e. The first kappa shape index (κ1) is 12.2. The number of benzene rings is 1. The van der Waals surface area contributed by atoms with E-state index in [-0.39, 0.29) is 6.04 Å². The lowest BCUT2D eigenvalue weighted by atomic mass is 10.2.